The van der Waals surface area contributed by atoms with Crippen molar-refractivity contribution in [2.75, 3.05) is 5.73 Å². The lowest BCUT2D eigenvalue weighted by molar-refractivity contribution is 0.0690. The van der Waals surface area contributed by atoms with Crippen LogP contribution in [0.15, 0.2) is 24.3 Å². The molecule has 2 rings (SSSR count). The SMILES string of the molecule is Nc1cc(C(=O)O)nc(-c2c(F)cccc2F)c1F. The number of aromatic carboxylic acids is 1. The molecule has 0 aliphatic heterocycles. The van der Waals surface area contributed by atoms with Crippen molar-refractivity contribution in [3.8, 4) is 11.3 Å². The van der Waals surface area contributed by atoms with E-state index in [1.165, 1.54) is 0 Å². The number of carboxylic acid groups (broad SMARTS) is 1. The molecule has 0 spiro atoms. The van der Waals surface area contributed by atoms with Crippen LogP contribution in [0.5, 0.6) is 0 Å². The summed E-state index contributed by atoms with van der Waals surface area (Å²) < 4.78 is 40.9. The second-order valence-electron chi connectivity index (χ2n) is 3.66. The third-order valence-electron chi connectivity index (χ3n) is 2.40. The van der Waals surface area contributed by atoms with Crippen LogP contribution in [0.2, 0.25) is 0 Å². The third kappa shape index (κ3) is 2.22. The first-order valence-corrected chi connectivity index (χ1v) is 5.05. The highest BCUT2D eigenvalue weighted by Crippen LogP contribution is 2.29. The number of halogens is 3. The molecular weight excluding hydrogens is 261 g/mol. The molecule has 0 unspecified atom stereocenters. The molecule has 0 amide bonds. The van der Waals surface area contributed by atoms with Crippen molar-refractivity contribution >= 4 is 11.7 Å². The zero-order chi connectivity index (χ0) is 14.2. The highest BCUT2D eigenvalue weighted by atomic mass is 19.1. The molecule has 1 aromatic carbocycles. The van der Waals surface area contributed by atoms with E-state index < -0.39 is 46.1 Å². The summed E-state index contributed by atoms with van der Waals surface area (Å²) in [6.07, 6.45) is 0. The van der Waals surface area contributed by atoms with Crippen LogP contribution in [-0.2, 0) is 0 Å². The predicted octanol–water partition coefficient (Wildman–Crippen LogP) is 2.45. The van der Waals surface area contributed by atoms with Crippen molar-refractivity contribution in [1.82, 2.24) is 4.98 Å². The zero-order valence-electron chi connectivity index (χ0n) is 9.32. The Kier molecular flexibility index (Phi) is 3.12. The van der Waals surface area contributed by atoms with Gasteiger partial charge in [-0.2, -0.15) is 0 Å². The van der Waals surface area contributed by atoms with Gasteiger partial charge in [-0.1, -0.05) is 6.07 Å². The minimum absolute atomic E-state index is 0.551. The maximum Gasteiger partial charge on any atom is 0.354 e. The molecule has 1 aromatic heterocycles. The number of benzene rings is 1. The van der Waals surface area contributed by atoms with Gasteiger partial charge in [0, 0.05) is 0 Å². The summed E-state index contributed by atoms with van der Waals surface area (Å²) in [6.45, 7) is 0. The van der Waals surface area contributed by atoms with Gasteiger partial charge in [0.25, 0.3) is 0 Å². The standard InChI is InChI=1S/C12H7F3N2O2/c13-5-2-1-3-6(14)9(5)11-10(15)7(16)4-8(17-11)12(18)19/h1-4H,(H2,16,17)(H,18,19). The molecule has 0 aliphatic carbocycles. The van der Waals surface area contributed by atoms with E-state index in [1.807, 2.05) is 0 Å². The smallest absolute Gasteiger partial charge is 0.354 e. The highest BCUT2D eigenvalue weighted by molar-refractivity contribution is 5.87. The fourth-order valence-electron chi connectivity index (χ4n) is 1.55. The summed E-state index contributed by atoms with van der Waals surface area (Å²) in [5, 5.41) is 8.78. The van der Waals surface area contributed by atoms with Gasteiger partial charge in [-0.25, -0.2) is 22.9 Å². The van der Waals surface area contributed by atoms with Crippen molar-refractivity contribution in [3.05, 3.63) is 47.4 Å². The van der Waals surface area contributed by atoms with Crippen LogP contribution in [-0.4, -0.2) is 16.1 Å². The van der Waals surface area contributed by atoms with Gasteiger partial charge in [0.15, 0.2) is 11.5 Å². The molecule has 0 bridgehead atoms. The van der Waals surface area contributed by atoms with Crippen molar-refractivity contribution in [2.24, 2.45) is 0 Å². The summed E-state index contributed by atoms with van der Waals surface area (Å²) in [5.41, 5.74) is 2.60. The number of pyridine rings is 1. The monoisotopic (exact) mass is 268 g/mol. The van der Waals surface area contributed by atoms with Gasteiger partial charge in [-0.3, -0.25) is 0 Å². The molecule has 98 valence electrons. The molecule has 3 N–H and O–H groups in total. The molecule has 0 atom stereocenters. The number of nitrogen functional groups attached to an aromatic ring is 1. The molecule has 0 aliphatic rings. The Balaban J connectivity index is 2.78. The zero-order valence-corrected chi connectivity index (χ0v) is 9.32. The van der Waals surface area contributed by atoms with E-state index >= 15 is 0 Å². The number of nitrogens with two attached hydrogens (primary N) is 1. The third-order valence-corrected chi connectivity index (χ3v) is 2.40. The van der Waals surface area contributed by atoms with E-state index in [2.05, 4.69) is 4.98 Å². The maximum absolute atomic E-state index is 13.8. The number of anilines is 1. The lowest BCUT2D eigenvalue weighted by atomic mass is 10.1. The fourth-order valence-corrected chi connectivity index (χ4v) is 1.55. The summed E-state index contributed by atoms with van der Waals surface area (Å²) in [7, 11) is 0. The molecule has 0 saturated carbocycles. The normalized spacial score (nSPS) is 10.5. The molecular formula is C12H7F3N2O2. The fraction of sp³-hybridized carbons (Fsp3) is 0. The molecule has 4 nitrogen and oxygen atoms in total. The average molecular weight is 268 g/mol. The Morgan fingerprint density at radius 2 is 1.79 bits per heavy atom. The van der Waals surface area contributed by atoms with Crippen molar-refractivity contribution in [1.29, 1.82) is 0 Å². The van der Waals surface area contributed by atoms with Crippen LogP contribution in [0, 0.1) is 17.5 Å². The molecule has 1 heterocycles. The first kappa shape index (κ1) is 12.9. The Hall–Kier alpha value is -2.57. The Morgan fingerprint density at radius 3 is 2.32 bits per heavy atom. The highest BCUT2D eigenvalue weighted by Gasteiger charge is 2.21. The number of aromatic nitrogens is 1. The molecule has 0 fully saturated rings. The van der Waals surface area contributed by atoms with Gasteiger partial charge in [0.2, 0.25) is 0 Å². The molecule has 0 saturated heterocycles. The molecule has 0 radical (unpaired) electrons. The van der Waals surface area contributed by atoms with Gasteiger partial charge < -0.3 is 10.8 Å². The van der Waals surface area contributed by atoms with E-state index in [0.29, 0.717) is 0 Å². The lowest BCUT2D eigenvalue weighted by Gasteiger charge is -2.08. The number of carboxylic acids is 1. The number of carbonyl (C=O) groups is 1. The van der Waals surface area contributed by atoms with Gasteiger partial charge in [0.05, 0.1) is 11.3 Å². The largest absolute Gasteiger partial charge is 0.477 e. The number of hydrogen-bond acceptors (Lipinski definition) is 3. The van der Waals surface area contributed by atoms with E-state index in [1.54, 1.807) is 0 Å². The van der Waals surface area contributed by atoms with Crippen LogP contribution < -0.4 is 5.73 Å². The summed E-state index contributed by atoms with van der Waals surface area (Å²) >= 11 is 0. The van der Waals surface area contributed by atoms with Crippen LogP contribution in [0.25, 0.3) is 11.3 Å². The molecule has 7 heteroatoms. The Bertz CT molecular complexity index is 654. The number of rotatable bonds is 2. The van der Waals surface area contributed by atoms with Gasteiger partial charge >= 0.3 is 5.97 Å². The minimum Gasteiger partial charge on any atom is -0.477 e. The summed E-state index contributed by atoms with van der Waals surface area (Å²) in [4.78, 5) is 14.2. The van der Waals surface area contributed by atoms with E-state index in [0.717, 1.165) is 24.3 Å². The van der Waals surface area contributed by atoms with Gasteiger partial charge in [-0.15, -0.1) is 0 Å². The minimum atomic E-state index is -1.48. The number of nitrogens with zero attached hydrogens (tertiary/aromatic N) is 1. The first-order valence-electron chi connectivity index (χ1n) is 5.05. The van der Waals surface area contributed by atoms with Crippen LogP contribution in [0.4, 0.5) is 18.9 Å². The first-order chi connectivity index (χ1) is 8.91. The van der Waals surface area contributed by atoms with E-state index in [4.69, 9.17) is 10.8 Å². The summed E-state index contributed by atoms with van der Waals surface area (Å²) in [5.74, 6) is -4.78. The lowest BCUT2D eigenvalue weighted by Crippen LogP contribution is -2.07. The van der Waals surface area contributed by atoms with Crippen molar-refractivity contribution < 1.29 is 23.1 Å². The van der Waals surface area contributed by atoms with Crippen molar-refractivity contribution in [3.63, 3.8) is 0 Å². The number of hydrogen-bond donors (Lipinski definition) is 2. The topological polar surface area (TPSA) is 76.2 Å². The summed E-state index contributed by atoms with van der Waals surface area (Å²) in [6, 6.07) is 3.68. The van der Waals surface area contributed by atoms with Crippen LogP contribution in [0.3, 0.4) is 0 Å². The molecule has 2 aromatic rings. The Morgan fingerprint density at radius 1 is 1.21 bits per heavy atom. The average Bonchev–Trinajstić information content (AvgIpc) is 2.33. The van der Waals surface area contributed by atoms with Gasteiger partial charge in [0.1, 0.15) is 17.3 Å². The second kappa shape index (κ2) is 4.60. The molecule has 19 heavy (non-hydrogen) atoms. The maximum atomic E-state index is 13.8. The second-order valence-corrected chi connectivity index (χ2v) is 3.66. The van der Waals surface area contributed by atoms with Crippen molar-refractivity contribution in [2.45, 2.75) is 0 Å². The Labute approximate surface area is 105 Å². The van der Waals surface area contributed by atoms with E-state index in [-0.39, 0.29) is 0 Å². The van der Waals surface area contributed by atoms with Crippen LogP contribution >= 0.6 is 0 Å². The predicted molar refractivity (Wildman–Crippen MR) is 60.9 cm³/mol. The van der Waals surface area contributed by atoms with Crippen LogP contribution in [0.1, 0.15) is 10.5 Å². The van der Waals surface area contributed by atoms with Gasteiger partial charge in [-0.05, 0) is 18.2 Å². The van der Waals surface area contributed by atoms with E-state index in [9.17, 15) is 18.0 Å². The quantitative estimate of drug-likeness (QED) is 0.877.